The maximum Gasteiger partial charge on any atom is 0.426 e. The van der Waals surface area contributed by atoms with Gasteiger partial charge in [0.15, 0.2) is 0 Å². The molecule has 0 spiro atoms. The number of benzene rings is 1. The molecule has 0 aliphatic carbocycles. The number of hydrogen-bond donors (Lipinski definition) is 1. The van der Waals surface area contributed by atoms with E-state index in [9.17, 15) is 13.2 Å². The molecular weight excluding hydrogens is 284 g/mol. The standard InChI is InChI=1S/C12H16N2O5S/c1-18-11-5-3-10(4-6-11)9-13-20(16,17)19-12(15)14-7-2-8-14/h3-6,13H,2,7-9H2,1H3. The molecule has 1 saturated heterocycles. The fourth-order valence-electron chi connectivity index (χ4n) is 1.59. The highest BCUT2D eigenvalue weighted by Gasteiger charge is 2.26. The summed E-state index contributed by atoms with van der Waals surface area (Å²) in [5, 5.41) is 0. The lowest BCUT2D eigenvalue weighted by Crippen LogP contribution is -2.44. The Morgan fingerprint density at radius 2 is 1.95 bits per heavy atom. The minimum atomic E-state index is -4.09. The number of ether oxygens (including phenoxy) is 1. The van der Waals surface area contributed by atoms with E-state index in [0.717, 1.165) is 12.0 Å². The number of carbonyl (C=O) groups excluding carboxylic acids is 1. The highest BCUT2D eigenvalue weighted by molar-refractivity contribution is 7.85. The molecular formula is C12H16N2O5S. The molecule has 7 nitrogen and oxygen atoms in total. The quantitative estimate of drug-likeness (QED) is 0.872. The molecule has 20 heavy (non-hydrogen) atoms. The fourth-order valence-corrected chi connectivity index (χ4v) is 2.29. The van der Waals surface area contributed by atoms with Crippen molar-refractivity contribution in [1.29, 1.82) is 0 Å². The van der Waals surface area contributed by atoms with Gasteiger partial charge in [0.25, 0.3) is 0 Å². The molecule has 1 aromatic carbocycles. The van der Waals surface area contributed by atoms with E-state index in [4.69, 9.17) is 4.74 Å². The zero-order valence-electron chi connectivity index (χ0n) is 11.0. The molecule has 0 atom stereocenters. The number of nitrogens with zero attached hydrogens (tertiary/aromatic N) is 1. The summed E-state index contributed by atoms with van der Waals surface area (Å²) in [6, 6.07) is 6.88. The van der Waals surface area contributed by atoms with Crippen LogP contribution in [0.4, 0.5) is 4.79 Å². The van der Waals surface area contributed by atoms with Crippen LogP contribution in [0.3, 0.4) is 0 Å². The second-order valence-corrected chi connectivity index (χ2v) is 5.68. The number of methoxy groups -OCH3 is 1. The second-order valence-electron chi connectivity index (χ2n) is 4.31. The van der Waals surface area contributed by atoms with E-state index in [1.165, 1.54) is 4.90 Å². The third-order valence-corrected chi connectivity index (χ3v) is 3.77. The Morgan fingerprint density at radius 1 is 1.30 bits per heavy atom. The van der Waals surface area contributed by atoms with E-state index in [1.54, 1.807) is 31.4 Å². The van der Waals surface area contributed by atoms with Crippen LogP contribution in [0.2, 0.25) is 0 Å². The van der Waals surface area contributed by atoms with Gasteiger partial charge in [-0.3, -0.25) is 0 Å². The van der Waals surface area contributed by atoms with Crippen LogP contribution in [0.25, 0.3) is 0 Å². The number of hydrogen-bond acceptors (Lipinski definition) is 5. The first-order valence-corrected chi connectivity index (χ1v) is 7.52. The van der Waals surface area contributed by atoms with Gasteiger partial charge in [-0.1, -0.05) is 12.1 Å². The van der Waals surface area contributed by atoms with Crippen molar-refractivity contribution in [2.45, 2.75) is 13.0 Å². The molecule has 1 amide bonds. The predicted molar refractivity (Wildman–Crippen MR) is 71.4 cm³/mol. The van der Waals surface area contributed by atoms with E-state index in [-0.39, 0.29) is 6.54 Å². The first-order chi connectivity index (χ1) is 9.50. The van der Waals surface area contributed by atoms with Gasteiger partial charge in [-0.25, -0.2) is 4.79 Å². The summed E-state index contributed by atoms with van der Waals surface area (Å²) in [7, 11) is -2.54. The average Bonchev–Trinajstić information content (AvgIpc) is 2.34. The van der Waals surface area contributed by atoms with Crippen molar-refractivity contribution in [2.75, 3.05) is 20.2 Å². The Hall–Kier alpha value is -1.80. The van der Waals surface area contributed by atoms with Crippen LogP contribution in [0.5, 0.6) is 5.75 Å². The molecule has 110 valence electrons. The van der Waals surface area contributed by atoms with Gasteiger partial charge in [-0.05, 0) is 24.1 Å². The van der Waals surface area contributed by atoms with Gasteiger partial charge in [0.1, 0.15) is 5.75 Å². The van der Waals surface area contributed by atoms with Crippen LogP contribution >= 0.6 is 0 Å². The summed E-state index contributed by atoms with van der Waals surface area (Å²) in [5.74, 6) is 0.681. The zero-order valence-corrected chi connectivity index (χ0v) is 11.9. The Balaban J connectivity index is 1.86. The van der Waals surface area contributed by atoms with Crippen molar-refractivity contribution in [2.24, 2.45) is 0 Å². The molecule has 1 N–H and O–H groups in total. The Labute approximate surface area is 117 Å². The van der Waals surface area contributed by atoms with E-state index >= 15 is 0 Å². The minimum Gasteiger partial charge on any atom is -0.497 e. The third-order valence-electron chi connectivity index (χ3n) is 2.91. The van der Waals surface area contributed by atoms with Crippen LogP contribution in [-0.2, 0) is 21.0 Å². The van der Waals surface area contributed by atoms with Gasteiger partial charge in [-0.2, -0.15) is 13.1 Å². The van der Waals surface area contributed by atoms with Gasteiger partial charge in [0, 0.05) is 19.6 Å². The Kier molecular flexibility index (Phi) is 4.46. The van der Waals surface area contributed by atoms with Gasteiger partial charge in [0.05, 0.1) is 7.11 Å². The molecule has 1 aliphatic rings. The van der Waals surface area contributed by atoms with Crippen molar-refractivity contribution >= 4 is 16.4 Å². The van der Waals surface area contributed by atoms with E-state index in [1.807, 2.05) is 0 Å². The normalized spacial score (nSPS) is 14.6. The molecule has 1 aliphatic heterocycles. The lowest BCUT2D eigenvalue weighted by atomic mass is 10.2. The third kappa shape index (κ3) is 3.84. The number of amides is 1. The smallest absolute Gasteiger partial charge is 0.426 e. The number of rotatable bonds is 5. The van der Waals surface area contributed by atoms with Crippen molar-refractivity contribution in [3.63, 3.8) is 0 Å². The molecule has 0 saturated carbocycles. The Bertz CT molecular complexity index is 566. The van der Waals surface area contributed by atoms with Gasteiger partial charge >= 0.3 is 16.4 Å². The summed E-state index contributed by atoms with van der Waals surface area (Å²) in [6.07, 6.45) is 0.0347. The van der Waals surface area contributed by atoms with Crippen molar-refractivity contribution in [3.8, 4) is 5.75 Å². The van der Waals surface area contributed by atoms with Gasteiger partial charge in [-0.15, -0.1) is 0 Å². The van der Waals surface area contributed by atoms with E-state index in [0.29, 0.717) is 18.8 Å². The monoisotopic (exact) mass is 300 g/mol. The van der Waals surface area contributed by atoms with Crippen LogP contribution in [0.15, 0.2) is 24.3 Å². The van der Waals surface area contributed by atoms with Crippen molar-refractivity contribution < 1.29 is 22.1 Å². The van der Waals surface area contributed by atoms with Crippen LogP contribution < -0.4 is 9.46 Å². The van der Waals surface area contributed by atoms with Crippen LogP contribution in [0, 0.1) is 0 Å². The first-order valence-electron chi connectivity index (χ1n) is 6.11. The summed E-state index contributed by atoms with van der Waals surface area (Å²) in [4.78, 5) is 12.7. The van der Waals surface area contributed by atoms with Gasteiger partial charge < -0.3 is 13.8 Å². The predicted octanol–water partition coefficient (Wildman–Crippen LogP) is 0.872. The fraction of sp³-hybridized carbons (Fsp3) is 0.417. The number of nitrogens with one attached hydrogen (secondary N) is 1. The SMILES string of the molecule is COc1ccc(CNS(=O)(=O)OC(=O)N2CCC2)cc1. The Morgan fingerprint density at radius 3 is 2.45 bits per heavy atom. The van der Waals surface area contributed by atoms with Crippen LogP contribution in [0.1, 0.15) is 12.0 Å². The summed E-state index contributed by atoms with van der Waals surface area (Å²) in [6.45, 7) is 1.11. The molecule has 2 rings (SSSR count). The molecule has 0 unspecified atom stereocenters. The van der Waals surface area contributed by atoms with Crippen molar-refractivity contribution in [1.82, 2.24) is 9.62 Å². The first kappa shape index (κ1) is 14.6. The largest absolute Gasteiger partial charge is 0.497 e. The van der Waals surface area contributed by atoms with E-state index in [2.05, 4.69) is 8.91 Å². The summed E-state index contributed by atoms with van der Waals surface area (Å²) >= 11 is 0. The molecule has 1 heterocycles. The van der Waals surface area contributed by atoms with Crippen LogP contribution in [-0.4, -0.2) is 39.6 Å². The number of likely N-dealkylation sites (tertiary alicyclic amines) is 1. The second kappa shape index (κ2) is 6.10. The highest BCUT2D eigenvalue weighted by Crippen LogP contribution is 2.12. The lowest BCUT2D eigenvalue weighted by molar-refractivity contribution is 0.126. The lowest BCUT2D eigenvalue weighted by Gasteiger charge is -2.29. The molecule has 0 aromatic heterocycles. The molecule has 1 fully saturated rings. The van der Waals surface area contributed by atoms with Gasteiger partial charge in [0.2, 0.25) is 0 Å². The topological polar surface area (TPSA) is 84.9 Å². The summed E-state index contributed by atoms with van der Waals surface area (Å²) in [5.41, 5.74) is 0.731. The zero-order chi connectivity index (χ0) is 14.6. The van der Waals surface area contributed by atoms with E-state index < -0.39 is 16.4 Å². The molecule has 0 bridgehead atoms. The molecule has 1 aromatic rings. The van der Waals surface area contributed by atoms with Crippen molar-refractivity contribution in [3.05, 3.63) is 29.8 Å². The number of carbonyl (C=O) groups is 1. The molecule has 8 heteroatoms. The maximum atomic E-state index is 11.6. The molecule has 0 radical (unpaired) electrons. The summed E-state index contributed by atoms with van der Waals surface area (Å²) < 4.78 is 34.8. The highest BCUT2D eigenvalue weighted by atomic mass is 32.2. The minimum absolute atomic E-state index is 0.0413. The average molecular weight is 300 g/mol. The maximum absolute atomic E-state index is 11.6.